The average molecular weight is 1210 g/mol. The predicted molar refractivity (Wildman–Crippen MR) is 299 cm³/mol. The number of hydrogen-bond donors (Lipinski definition) is 3. The van der Waals surface area contributed by atoms with E-state index >= 15 is 0 Å². The zero-order valence-corrected chi connectivity index (χ0v) is 56.7. The second-order valence-corrected chi connectivity index (χ2v) is 20.2. The van der Waals surface area contributed by atoms with E-state index in [-0.39, 0.29) is 87.7 Å². The molecule has 2 aromatic heterocycles. The molecule has 5 aliphatic rings. The number of hydrogen-bond acceptors (Lipinski definition) is 11. The number of likely N-dealkylation sites (tertiary alicyclic amines) is 2. The van der Waals surface area contributed by atoms with Gasteiger partial charge in [-0.15, -0.1) is 12.4 Å². The number of aromatic amines is 1. The molecule has 1 saturated carbocycles. The summed E-state index contributed by atoms with van der Waals surface area (Å²) >= 11 is 5.97. The maximum atomic E-state index is 13.0. The van der Waals surface area contributed by atoms with Gasteiger partial charge in [0.05, 0.1) is 23.7 Å². The van der Waals surface area contributed by atoms with Crippen molar-refractivity contribution >= 4 is 139 Å². The van der Waals surface area contributed by atoms with Crippen molar-refractivity contribution in [1.29, 1.82) is 5.26 Å². The quantitative estimate of drug-likeness (QED) is 0.0650. The van der Waals surface area contributed by atoms with Gasteiger partial charge in [0.2, 0.25) is 0 Å². The maximum absolute atomic E-state index is 13.0. The van der Waals surface area contributed by atoms with Gasteiger partial charge in [-0.2, -0.15) is 5.26 Å². The Morgan fingerprint density at radius 1 is 0.750 bits per heavy atom. The van der Waals surface area contributed by atoms with Crippen molar-refractivity contribution in [3.05, 3.63) is 141 Å². The van der Waals surface area contributed by atoms with Crippen molar-refractivity contribution in [2.24, 2.45) is 11.5 Å². The summed E-state index contributed by atoms with van der Waals surface area (Å²) in [4.78, 5) is 49.8. The molecule has 388 valence electrons. The molecule has 2 amide bonds. The zero-order chi connectivity index (χ0) is 53.0. The minimum absolute atomic E-state index is 0. The zero-order valence-electron chi connectivity index (χ0n) is 44.0. The number of benzene rings is 4. The number of carbonyl (C=O) groups is 2. The van der Waals surface area contributed by atoms with Crippen LogP contribution in [0.4, 0.5) is 5.69 Å². The van der Waals surface area contributed by atoms with E-state index < -0.39 is 8.25 Å². The predicted octanol–water partition coefficient (Wildman–Crippen LogP) is 4.03. The number of aromatic nitrogens is 2. The molecule has 6 aromatic rings. The number of nitrogens with one attached hydrogen (secondary N) is 1. The monoisotopic (exact) mass is 1210 g/mol. The Balaban J connectivity index is 0.000000228. The molecule has 1 aliphatic carbocycles. The summed E-state index contributed by atoms with van der Waals surface area (Å²) in [6.07, 6.45) is 15.8. The third-order valence-corrected chi connectivity index (χ3v) is 14.6. The molecule has 76 heavy (non-hydrogen) atoms. The second kappa shape index (κ2) is 36.1. The molecular formula is C54H64BrClK3N10O6P. The molecule has 4 aliphatic heterocycles. The molecular weight excluding hydrogens is 1150 g/mol. The number of halogens is 2. The van der Waals surface area contributed by atoms with Crippen molar-refractivity contribution in [3.63, 3.8) is 0 Å². The van der Waals surface area contributed by atoms with Crippen LogP contribution in [0, 0.1) is 17.9 Å². The summed E-state index contributed by atoms with van der Waals surface area (Å²) in [6, 6.07) is 30.1. The van der Waals surface area contributed by atoms with E-state index in [1.807, 2.05) is 88.9 Å². The van der Waals surface area contributed by atoms with Crippen molar-refractivity contribution in [3.8, 4) is 11.8 Å². The first-order valence-electron chi connectivity index (χ1n) is 25.8. The van der Waals surface area contributed by atoms with Crippen LogP contribution in [0.2, 0.25) is 0 Å². The van der Waals surface area contributed by atoms with E-state index in [1.165, 1.54) is 133 Å². The molecule has 6 heterocycles. The molecule has 5 N–H and O–H groups in total. The van der Waals surface area contributed by atoms with Crippen LogP contribution in [-0.2, 0) is 22.1 Å². The van der Waals surface area contributed by atoms with E-state index in [0.717, 1.165) is 114 Å². The molecule has 2 saturated heterocycles. The van der Waals surface area contributed by atoms with Crippen molar-refractivity contribution in [2.75, 3.05) is 65.4 Å². The molecule has 1 unspecified atom stereocenters. The number of H-pyrrole nitrogens is 1. The molecule has 3 fully saturated rings. The third kappa shape index (κ3) is 20.4. The first-order valence-corrected chi connectivity index (χ1v) is 43.7. The molecule has 0 spiro atoms. The van der Waals surface area contributed by atoms with Gasteiger partial charge in [-0.25, -0.2) is 9.52 Å². The van der Waals surface area contributed by atoms with E-state index in [9.17, 15) is 9.59 Å². The molecule has 0 bridgehead atoms. The van der Waals surface area contributed by atoms with Crippen molar-refractivity contribution in [2.45, 2.75) is 76.3 Å². The Labute approximate surface area is 550 Å². The van der Waals surface area contributed by atoms with Gasteiger partial charge >= 0.3 is 123 Å². The number of amides is 2. The molecule has 3 atom stereocenters. The van der Waals surface area contributed by atoms with Gasteiger partial charge in [-0.3, -0.25) is 9.59 Å². The van der Waals surface area contributed by atoms with Gasteiger partial charge in [-0.05, 0) is 177 Å². The van der Waals surface area contributed by atoms with E-state index in [4.69, 9.17) is 38.0 Å². The SMILES string of the molecule is Cl.N#Cc1ccc2[nH]ccc2c1.N[C@H]1CCCC[C@@H]1N.O=C1c2ccc(Br)cc2CCN1CCN1CCCC1.O=[P+]([O-])O[O-].[C-]#[N+]c1ccc2c(ccn2-c2ccc3c(c2)CCN(CCN2CCCC2)C3=O)c1.[K+].[K][K]. The standard InChI is InChI=1S/C24H24N4O.C15H19BrN2O.C9H6N2.C6H14N2.ClH.3K.HO4P/c1-25-20-4-7-23-19(16-20)9-13-28(23)21-5-6-22-18(17-21)8-12-27(24(22)29)15-14-26-10-2-3-11-26;16-13-3-4-14-12(11-13)5-8-18(15(14)19)10-9-17-6-1-2-7-17;10-6-7-1-2-9-8(5-7)3-4-11-9;7-5-3-1-2-4-6(5)8;;;;;1-4-5(2)3/h4-7,9,13,16-17H,2-3,8,10-12,14-15H2;3-4,11H,1-2,5-10H2;1-5,11H;5-6H,1-4,7-8H2;1H;;;;1H/q;;;;;;;+1;/p-1/t;;;5-,6-;;;;;/m...0...../s1. The summed E-state index contributed by atoms with van der Waals surface area (Å²) in [5.74, 6) is 0.365. The molecule has 0 radical (unpaired) electrons. The fourth-order valence-electron chi connectivity index (χ4n) is 9.88. The Morgan fingerprint density at radius 2 is 1.30 bits per heavy atom. The van der Waals surface area contributed by atoms with Crippen LogP contribution in [0.15, 0.2) is 102 Å². The second-order valence-electron chi connectivity index (χ2n) is 18.7. The van der Waals surface area contributed by atoms with Gasteiger partial charge in [0, 0.05) is 95.9 Å². The fraction of sp³-hybridized carbons (Fsp3) is 0.407. The van der Waals surface area contributed by atoms with Crippen LogP contribution in [0.1, 0.15) is 88.8 Å². The summed E-state index contributed by atoms with van der Waals surface area (Å²) in [6.45, 7) is 17.3. The molecule has 16 nitrogen and oxygen atoms in total. The Kier molecular flexibility index (Phi) is 32.2. The average Bonchev–Trinajstić information content (AvgIpc) is 4.30. The van der Waals surface area contributed by atoms with E-state index in [0.29, 0.717) is 11.3 Å². The van der Waals surface area contributed by atoms with E-state index in [2.05, 4.69) is 63.0 Å². The number of fused-ring (bicyclic) bond motifs is 4. The minimum atomic E-state index is -3.15. The molecule has 11 rings (SSSR count). The van der Waals surface area contributed by atoms with Gasteiger partial charge < -0.3 is 50.8 Å². The first-order chi connectivity index (χ1) is 35.9. The van der Waals surface area contributed by atoms with E-state index in [1.54, 1.807) is 6.07 Å². The normalized spacial score (nSPS) is 17.9. The Bertz CT molecular complexity index is 2900. The summed E-state index contributed by atoms with van der Waals surface area (Å²) in [7, 11) is -3.15. The number of nitrogens with zero attached hydrogens (tertiary/aromatic N) is 7. The van der Waals surface area contributed by atoms with Crippen LogP contribution < -0.4 is 73.0 Å². The number of nitriles is 1. The van der Waals surface area contributed by atoms with Crippen LogP contribution in [0.25, 0.3) is 32.3 Å². The molecule has 22 heteroatoms. The number of rotatable bonds is 8. The van der Waals surface area contributed by atoms with Gasteiger partial charge in [0.25, 0.3) is 11.8 Å². The molecule has 4 aromatic carbocycles. The topological polar surface area (TPSA) is 220 Å². The van der Waals surface area contributed by atoms with Crippen LogP contribution in [-0.4, -0.2) is 182 Å². The summed E-state index contributed by atoms with van der Waals surface area (Å²) in [5.41, 5.74) is 19.9. The van der Waals surface area contributed by atoms with Crippen molar-refractivity contribution < 1.29 is 80.4 Å². The fourth-order valence-corrected chi connectivity index (χ4v) is 10.3. The van der Waals surface area contributed by atoms with Crippen LogP contribution >= 0.6 is 36.6 Å². The summed E-state index contributed by atoms with van der Waals surface area (Å²) in [5, 5.41) is 19.3. The Morgan fingerprint density at radius 3 is 1.83 bits per heavy atom. The Hall–Kier alpha value is -0.621. The number of nitrogens with two attached hydrogens (primary N) is 2. The third-order valence-electron chi connectivity index (χ3n) is 14.0. The summed E-state index contributed by atoms with van der Waals surface area (Å²) < 4.78 is 14.5. The van der Waals surface area contributed by atoms with Crippen molar-refractivity contribution in [1.82, 2.24) is 29.2 Å². The first kappa shape index (κ1) is 67.9. The number of carbonyl (C=O) groups excluding carboxylic acids is 2. The van der Waals surface area contributed by atoms with Gasteiger partial charge in [0.1, 0.15) is 0 Å². The van der Waals surface area contributed by atoms with Gasteiger partial charge in [-0.1, -0.05) is 34.8 Å². The van der Waals surface area contributed by atoms with Crippen LogP contribution in [0.3, 0.4) is 0 Å². The van der Waals surface area contributed by atoms with Crippen LogP contribution in [0.5, 0.6) is 0 Å². The van der Waals surface area contributed by atoms with Gasteiger partial charge in [0.15, 0.2) is 5.69 Å².